The van der Waals surface area contributed by atoms with E-state index < -0.39 is 34.9 Å². The highest BCUT2D eigenvalue weighted by Crippen LogP contribution is 2.30. The van der Waals surface area contributed by atoms with Gasteiger partial charge in [0.2, 0.25) is 0 Å². The van der Waals surface area contributed by atoms with Crippen LogP contribution in [0, 0.1) is 0 Å². The average Bonchev–Trinajstić information content (AvgIpc) is 2.52. The van der Waals surface area contributed by atoms with E-state index in [2.05, 4.69) is 5.32 Å². The van der Waals surface area contributed by atoms with Crippen molar-refractivity contribution < 1.29 is 32.2 Å². The molecule has 1 heterocycles. The van der Waals surface area contributed by atoms with Gasteiger partial charge in [0.1, 0.15) is 5.60 Å². The van der Waals surface area contributed by atoms with E-state index in [0.717, 1.165) is 12.1 Å². The van der Waals surface area contributed by atoms with Crippen molar-refractivity contribution in [2.45, 2.75) is 51.6 Å². The monoisotopic (exact) mass is 402 g/mol. The van der Waals surface area contributed by atoms with E-state index in [4.69, 9.17) is 9.47 Å². The van der Waals surface area contributed by atoms with Crippen LogP contribution in [0.2, 0.25) is 0 Å². The van der Waals surface area contributed by atoms with Gasteiger partial charge in [-0.2, -0.15) is 13.2 Å². The molecular weight excluding hydrogens is 377 g/mol. The lowest BCUT2D eigenvalue weighted by Crippen LogP contribution is -2.74. The number of nitrogens with zero attached hydrogens (tertiary/aromatic N) is 1. The van der Waals surface area contributed by atoms with Gasteiger partial charge < -0.3 is 14.4 Å². The van der Waals surface area contributed by atoms with Crippen molar-refractivity contribution in [3.05, 3.63) is 35.4 Å². The summed E-state index contributed by atoms with van der Waals surface area (Å²) in [4.78, 5) is 25.9. The molecule has 1 aliphatic rings. The quantitative estimate of drug-likeness (QED) is 0.765. The maximum absolute atomic E-state index is 12.7. The Hall–Kier alpha value is -2.29. The van der Waals surface area contributed by atoms with Crippen molar-refractivity contribution in [2.75, 3.05) is 19.7 Å². The molecule has 28 heavy (non-hydrogen) atoms. The zero-order valence-corrected chi connectivity index (χ0v) is 16.4. The van der Waals surface area contributed by atoms with Gasteiger partial charge in [0.15, 0.2) is 5.54 Å². The van der Waals surface area contributed by atoms with Crippen LogP contribution >= 0.6 is 0 Å². The van der Waals surface area contributed by atoms with E-state index >= 15 is 0 Å². The summed E-state index contributed by atoms with van der Waals surface area (Å²) in [7, 11) is 0. The second-order valence-electron chi connectivity index (χ2n) is 7.69. The molecule has 1 saturated heterocycles. The number of hydrogen-bond acceptors (Lipinski definition) is 5. The number of ether oxygens (including phenoxy) is 2. The molecule has 9 heteroatoms. The zero-order chi connectivity index (χ0) is 21.2. The van der Waals surface area contributed by atoms with Crippen LogP contribution in [0.25, 0.3) is 0 Å². The van der Waals surface area contributed by atoms with Gasteiger partial charge in [-0.05, 0) is 45.4 Å². The van der Waals surface area contributed by atoms with E-state index in [-0.39, 0.29) is 26.2 Å². The Bertz CT molecular complexity index is 705. The predicted molar refractivity (Wildman–Crippen MR) is 95.5 cm³/mol. The largest absolute Gasteiger partial charge is 0.465 e. The standard InChI is InChI=1S/C19H25F3N2O4/c1-5-27-15(25)18(11-24(12-18)16(26)28-17(2,3)4)23-10-13-6-8-14(9-7-13)19(20,21)22/h6-9,23H,5,10-12H2,1-4H3. The molecule has 0 unspecified atom stereocenters. The van der Waals surface area contributed by atoms with E-state index in [0.29, 0.717) is 5.56 Å². The average molecular weight is 402 g/mol. The fourth-order valence-corrected chi connectivity index (χ4v) is 2.73. The summed E-state index contributed by atoms with van der Waals surface area (Å²) in [6.45, 7) is 7.34. The van der Waals surface area contributed by atoms with Crippen molar-refractivity contribution in [1.29, 1.82) is 0 Å². The minimum atomic E-state index is -4.40. The number of alkyl halides is 3. The van der Waals surface area contributed by atoms with Crippen molar-refractivity contribution in [1.82, 2.24) is 10.2 Å². The minimum absolute atomic E-state index is 0.0569. The molecule has 0 saturated carbocycles. The number of nitrogens with one attached hydrogen (secondary N) is 1. The second kappa shape index (κ2) is 7.98. The van der Waals surface area contributed by atoms with E-state index in [1.165, 1.54) is 17.0 Å². The summed E-state index contributed by atoms with van der Waals surface area (Å²) in [5.41, 5.74) is -1.94. The third-order valence-corrected chi connectivity index (χ3v) is 4.15. The summed E-state index contributed by atoms with van der Waals surface area (Å²) in [6.07, 6.45) is -4.94. The molecule has 1 N–H and O–H groups in total. The molecule has 0 aromatic heterocycles. The smallest absolute Gasteiger partial charge is 0.416 e. The zero-order valence-electron chi connectivity index (χ0n) is 16.4. The summed E-state index contributed by atoms with van der Waals surface area (Å²) >= 11 is 0. The first-order valence-electron chi connectivity index (χ1n) is 8.92. The van der Waals surface area contributed by atoms with Gasteiger partial charge in [0, 0.05) is 6.54 Å². The Labute approximate surface area is 162 Å². The van der Waals surface area contributed by atoms with Crippen LogP contribution in [0.5, 0.6) is 0 Å². The van der Waals surface area contributed by atoms with Crippen molar-refractivity contribution >= 4 is 12.1 Å². The Kier molecular flexibility index (Phi) is 6.27. The fraction of sp³-hybridized carbons (Fsp3) is 0.579. The predicted octanol–water partition coefficient (Wildman–Crippen LogP) is 3.35. The summed E-state index contributed by atoms with van der Waals surface area (Å²) < 4.78 is 48.4. The van der Waals surface area contributed by atoms with Crippen LogP contribution in [-0.4, -0.2) is 47.8 Å². The third-order valence-electron chi connectivity index (χ3n) is 4.15. The summed E-state index contributed by atoms with van der Waals surface area (Å²) in [6, 6.07) is 4.67. The molecule has 1 aromatic rings. The normalized spacial score (nSPS) is 16.3. The van der Waals surface area contributed by atoms with E-state index in [9.17, 15) is 22.8 Å². The molecule has 1 aliphatic heterocycles. The number of halogens is 3. The molecule has 1 amide bonds. The SMILES string of the molecule is CCOC(=O)C1(NCc2ccc(C(F)(F)F)cc2)CN(C(=O)OC(C)(C)C)C1. The number of carbonyl (C=O) groups excluding carboxylic acids is 2. The maximum Gasteiger partial charge on any atom is 0.416 e. The van der Waals surface area contributed by atoms with Gasteiger partial charge in [-0.1, -0.05) is 12.1 Å². The molecule has 1 aromatic carbocycles. The number of benzene rings is 1. The highest BCUT2D eigenvalue weighted by atomic mass is 19.4. The molecule has 1 fully saturated rings. The number of rotatable bonds is 5. The Morgan fingerprint density at radius 1 is 1.14 bits per heavy atom. The van der Waals surface area contributed by atoms with Crippen LogP contribution in [-0.2, 0) is 27.0 Å². The highest BCUT2D eigenvalue weighted by Gasteiger charge is 2.53. The highest BCUT2D eigenvalue weighted by molar-refractivity contribution is 5.86. The summed E-state index contributed by atoms with van der Waals surface area (Å²) in [5.74, 6) is -0.512. The molecule has 0 atom stereocenters. The van der Waals surface area contributed by atoms with Crippen molar-refractivity contribution in [3.8, 4) is 0 Å². The lowest BCUT2D eigenvalue weighted by Gasteiger charge is -2.48. The molecular formula is C19H25F3N2O4. The number of amides is 1. The van der Waals surface area contributed by atoms with Crippen LogP contribution in [0.4, 0.5) is 18.0 Å². The Morgan fingerprint density at radius 2 is 1.71 bits per heavy atom. The van der Waals surface area contributed by atoms with Crippen LogP contribution in [0.1, 0.15) is 38.8 Å². The molecule has 156 valence electrons. The van der Waals surface area contributed by atoms with Crippen LogP contribution in [0.3, 0.4) is 0 Å². The molecule has 2 rings (SSSR count). The van der Waals surface area contributed by atoms with E-state index in [1.54, 1.807) is 27.7 Å². The molecule has 0 radical (unpaired) electrons. The third kappa shape index (κ3) is 5.37. The first-order chi connectivity index (χ1) is 12.9. The van der Waals surface area contributed by atoms with Gasteiger partial charge in [-0.25, -0.2) is 9.59 Å². The number of esters is 1. The fourth-order valence-electron chi connectivity index (χ4n) is 2.73. The van der Waals surface area contributed by atoms with Gasteiger partial charge >= 0.3 is 18.2 Å². The second-order valence-corrected chi connectivity index (χ2v) is 7.69. The van der Waals surface area contributed by atoms with Crippen molar-refractivity contribution in [3.63, 3.8) is 0 Å². The van der Waals surface area contributed by atoms with Gasteiger partial charge in [0.25, 0.3) is 0 Å². The number of hydrogen-bond donors (Lipinski definition) is 1. The van der Waals surface area contributed by atoms with Crippen LogP contribution < -0.4 is 5.32 Å². The molecule has 0 aliphatic carbocycles. The number of likely N-dealkylation sites (tertiary alicyclic amines) is 1. The van der Waals surface area contributed by atoms with Gasteiger partial charge in [-0.15, -0.1) is 0 Å². The lowest BCUT2D eigenvalue weighted by molar-refractivity contribution is -0.158. The molecule has 0 spiro atoms. The van der Waals surface area contributed by atoms with Gasteiger partial charge in [-0.3, -0.25) is 5.32 Å². The van der Waals surface area contributed by atoms with Gasteiger partial charge in [0.05, 0.1) is 25.3 Å². The Balaban J connectivity index is 2.03. The minimum Gasteiger partial charge on any atom is -0.465 e. The first-order valence-corrected chi connectivity index (χ1v) is 8.92. The Morgan fingerprint density at radius 3 is 2.18 bits per heavy atom. The maximum atomic E-state index is 12.7. The molecule has 0 bridgehead atoms. The first kappa shape index (κ1) is 22.0. The van der Waals surface area contributed by atoms with E-state index in [1.807, 2.05) is 0 Å². The van der Waals surface area contributed by atoms with Crippen molar-refractivity contribution in [2.24, 2.45) is 0 Å². The molecule has 6 nitrogen and oxygen atoms in total. The topological polar surface area (TPSA) is 67.9 Å². The lowest BCUT2D eigenvalue weighted by atomic mass is 9.89. The van der Waals surface area contributed by atoms with Crippen LogP contribution in [0.15, 0.2) is 24.3 Å². The summed E-state index contributed by atoms with van der Waals surface area (Å²) in [5, 5.41) is 3.03. The number of carbonyl (C=O) groups is 2.